The third-order valence-corrected chi connectivity index (χ3v) is 5.36. The Morgan fingerprint density at radius 2 is 2.32 bits per heavy atom. The first-order chi connectivity index (χ1) is 9.08. The molecule has 1 unspecified atom stereocenters. The van der Waals surface area contributed by atoms with E-state index < -0.39 is 15.1 Å². The summed E-state index contributed by atoms with van der Waals surface area (Å²) in [5.41, 5.74) is 5.72. The zero-order valence-corrected chi connectivity index (χ0v) is 11.4. The predicted molar refractivity (Wildman–Crippen MR) is 75.8 cm³/mol. The van der Waals surface area contributed by atoms with E-state index >= 15 is 0 Å². The molecule has 0 spiro atoms. The smallest absolute Gasteiger partial charge is 0.194 e. The van der Waals surface area contributed by atoms with Gasteiger partial charge in [-0.2, -0.15) is 0 Å². The Hall–Kier alpha value is -1.63. The van der Waals surface area contributed by atoms with Crippen LogP contribution in [-0.2, 0) is 9.84 Å². The van der Waals surface area contributed by atoms with Crippen molar-refractivity contribution in [3.05, 3.63) is 24.4 Å². The van der Waals surface area contributed by atoms with E-state index in [0.717, 1.165) is 12.8 Å². The molecule has 1 aromatic rings. The second-order valence-electron chi connectivity index (χ2n) is 4.55. The van der Waals surface area contributed by atoms with Gasteiger partial charge in [0, 0.05) is 6.20 Å². The molecule has 0 bridgehead atoms. The summed E-state index contributed by atoms with van der Waals surface area (Å²) in [6.45, 7) is 0.216. The highest BCUT2D eigenvalue weighted by Crippen LogP contribution is 2.19. The van der Waals surface area contributed by atoms with Crippen LogP contribution < -0.4 is 11.1 Å². The van der Waals surface area contributed by atoms with Crippen LogP contribution in [0.2, 0.25) is 0 Å². The second kappa shape index (κ2) is 6.01. The van der Waals surface area contributed by atoms with E-state index in [2.05, 4.69) is 15.3 Å². The lowest BCUT2D eigenvalue weighted by molar-refractivity contribution is 0.541. The van der Waals surface area contributed by atoms with Crippen LogP contribution in [0, 0.1) is 0 Å². The number of pyridine rings is 1. The minimum absolute atomic E-state index is 0.194. The van der Waals surface area contributed by atoms with Gasteiger partial charge in [-0.25, -0.2) is 13.4 Å². The van der Waals surface area contributed by atoms with Crippen LogP contribution in [0.3, 0.4) is 0 Å². The third-order valence-electron chi connectivity index (χ3n) is 3.10. The number of hydrogen-bond donors (Lipinski definition) is 2. The first kappa shape index (κ1) is 13.8. The number of anilines is 1. The van der Waals surface area contributed by atoms with Gasteiger partial charge in [-0.05, 0) is 25.0 Å². The molecule has 1 saturated heterocycles. The highest BCUT2D eigenvalue weighted by Gasteiger charge is 2.28. The average Bonchev–Trinajstić information content (AvgIpc) is 2.38. The normalized spacial score (nSPS) is 22.9. The Kier molecular flexibility index (Phi) is 4.36. The molecular weight excluding hydrogens is 264 g/mol. The van der Waals surface area contributed by atoms with Crippen LogP contribution in [0.15, 0.2) is 29.4 Å². The molecule has 7 heteroatoms. The molecule has 6 nitrogen and oxygen atoms in total. The van der Waals surface area contributed by atoms with Gasteiger partial charge in [0.2, 0.25) is 0 Å². The molecule has 3 N–H and O–H groups in total. The van der Waals surface area contributed by atoms with Gasteiger partial charge < -0.3 is 11.1 Å². The number of guanidine groups is 1. The van der Waals surface area contributed by atoms with Crippen molar-refractivity contribution in [2.24, 2.45) is 10.7 Å². The molecule has 0 amide bonds. The summed E-state index contributed by atoms with van der Waals surface area (Å²) in [7, 11) is -3.00. The molecule has 1 fully saturated rings. The maximum absolute atomic E-state index is 11.8. The Labute approximate surface area is 113 Å². The molecule has 1 aromatic heterocycles. The lowest BCUT2D eigenvalue weighted by Crippen LogP contribution is -2.32. The van der Waals surface area contributed by atoms with Crippen molar-refractivity contribution >= 4 is 21.6 Å². The first-order valence-electron chi connectivity index (χ1n) is 6.27. The van der Waals surface area contributed by atoms with Gasteiger partial charge in [0.25, 0.3) is 0 Å². The maximum Gasteiger partial charge on any atom is 0.194 e. The number of aromatic nitrogens is 1. The molecule has 0 saturated carbocycles. The van der Waals surface area contributed by atoms with Gasteiger partial charge in [-0.3, -0.25) is 4.99 Å². The molecule has 1 atom stereocenters. The topological polar surface area (TPSA) is 97.4 Å². The lowest BCUT2D eigenvalue weighted by Gasteiger charge is -2.20. The Balaban J connectivity index is 1.94. The quantitative estimate of drug-likeness (QED) is 0.630. The summed E-state index contributed by atoms with van der Waals surface area (Å²) in [4.78, 5) is 8.15. The second-order valence-corrected chi connectivity index (χ2v) is 6.95. The molecular formula is C12H18N4O2S. The minimum atomic E-state index is -3.00. The van der Waals surface area contributed by atoms with Crippen LogP contribution in [-0.4, -0.2) is 36.9 Å². The third kappa shape index (κ3) is 3.92. The van der Waals surface area contributed by atoms with Crippen LogP contribution in [0.1, 0.15) is 19.3 Å². The number of nitrogens with zero attached hydrogens (tertiary/aromatic N) is 2. The monoisotopic (exact) mass is 282 g/mol. The summed E-state index contributed by atoms with van der Waals surface area (Å²) in [5.74, 6) is 1.05. The maximum atomic E-state index is 11.8. The van der Waals surface area contributed by atoms with Gasteiger partial charge in [-0.1, -0.05) is 12.5 Å². The Bertz CT molecular complexity index is 542. The van der Waals surface area contributed by atoms with E-state index in [1.54, 1.807) is 18.3 Å². The van der Waals surface area contributed by atoms with Gasteiger partial charge in [0.1, 0.15) is 5.82 Å². The summed E-state index contributed by atoms with van der Waals surface area (Å²) >= 11 is 0. The van der Waals surface area contributed by atoms with Gasteiger partial charge in [0.15, 0.2) is 15.8 Å². The summed E-state index contributed by atoms with van der Waals surface area (Å²) in [6, 6.07) is 5.39. The number of aliphatic imine (C=N–C) groups is 1. The lowest BCUT2D eigenvalue weighted by atomic mass is 10.2. The minimum Gasteiger partial charge on any atom is -0.370 e. The van der Waals surface area contributed by atoms with Crippen molar-refractivity contribution in [3.63, 3.8) is 0 Å². The van der Waals surface area contributed by atoms with E-state index in [0.29, 0.717) is 12.2 Å². The predicted octanol–water partition coefficient (Wildman–Crippen LogP) is 0.775. The number of nitrogens with two attached hydrogens (primary N) is 1. The van der Waals surface area contributed by atoms with Crippen LogP contribution in [0.4, 0.5) is 5.82 Å². The fourth-order valence-corrected chi connectivity index (χ4v) is 3.80. The molecule has 0 aliphatic carbocycles. The molecule has 0 aromatic carbocycles. The standard InChI is InChI=1S/C12H18N4O2S/c13-12(16-11-6-1-3-7-14-11)15-9-10-5-2-4-8-19(10,17)18/h1,3,6-7,10H,2,4-5,8-9H2,(H3,13,14,15,16). The van der Waals surface area contributed by atoms with Crippen molar-refractivity contribution in [1.82, 2.24) is 4.98 Å². The highest BCUT2D eigenvalue weighted by atomic mass is 32.2. The molecule has 19 heavy (non-hydrogen) atoms. The number of rotatable bonds is 3. The molecule has 1 aliphatic rings. The largest absolute Gasteiger partial charge is 0.370 e. The van der Waals surface area contributed by atoms with E-state index in [1.165, 1.54) is 0 Å². The average molecular weight is 282 g/mol. The number of nitrogens with one attached hydrogen (secondary N) is 1. The molecule has 2 rings (SSSR count). The van der Waals surface area contributed by atoms with Gasteiger partial charge in [-0.15, -0.1) is 0 Å². The fourth-order valence-electron chi connectivity index (χ4n) is 2.03. The van der Waals surface area contributed by atoms with Crippen molar-refractivity contribution in [1.29, 1.82) is 0 Å². The highest BCUT2D eigenvalue weighted by molar-refractivity contribution is 7.92. The van der Waals surface area contributed by atoms with E-state index in [1.807, 2.05) is 6.07 Å². The fraction of sp³-hybridized carbons (Fsp3) is 0.500. The van der Waals surface area contributed by atoms with Crippen molar-refractivity contribution in [2.45, 2.75) is 24.5 Å². The van der Waals surface area contributed by atoms with Gasteiger partial charge >= 0.3 is 0 Å². The van der Waals surface area contributed by atoms with Crippen molar-refractivity contribution in [2.75, 3.05) is 17.6 Å². The molecule has 1 aliphatic heterocycles. The number of sulfone groups is 1. The zero-order chi connectivity index (χ0) is 13.7. The first-order valence-corrected chi connectivity index (χ1v) is 7.99. The van der Waals surface area contributed by atoms with E-state index in [9.17, 15) is 8.42 Å². The summed E-state index contributed by atoms with van der Waals surface area (Å²) < 4.78 is 23.6. The SMILES string of the molecule is NC(=NCC1CCCCS1(=O)=O)Nc1ccccn1. The van der Waals surface area contributed by atoms with Crippen molar-refractivity contribution in [3.8, 4) is 0 Å². The molecule has 104 valence electrons. The number of hydrogen-bond acceptors (Lipinski definition) is 4. The zero-order valence-electron chi connectivity index (χ0n) is 10.6. The van der Waals surface area contributed by atoms with Crippen molar-refractivity contribution < 1.29 is 8.42 Å². The van der Waals surface area contributed by atoms with Gasteiger partial charge in [0.05, 0.1) is 17.5 Å². The molecule has 0 radical (unpaired) electrons. The van der Waals surface area contributed by atoms with E-state index in [4.69, 9.17) is 5.73 Å². The van der Waals surface area contributed by atoms with E-state index in [-0.39, 0.29) is 18.3 Å². The Morgan fingerprint density at radius 1 is 1.47 bits per heavy atom. The summed E-state index contributed by atoms with van der Waals surface area (Å²) in [5, 5.41) is 2.43. The Morgan fingerprint density at radius 3 is 3.00 bits per heavy atom. The van der Waals surface area contributed by atoms with Crippen LogP contribution in [0.25, 0.3) is 0 Å². The molecule has 2 heterocycles. The van der Waals surface area contributed by atoms with Crippen LogP contribution >= 0.6 is 0 Å². The summed E-state index contributed by atoms with van der Waals surface area (Å²) in [6.07, 6.45) is 4.00. The van der Waals surface area contributed by atoms with Crippen LogP contribution in [0.5, 0.6) is 0 Å².